The highest BCUT2D eigenvalue weighted by Crippen LogP contribution is 2.22. The molecule has 1 aliphatic rings. The van der Waals surface area contributed by atoms with E-state index in [2.05, 4.69) is 15.3 Å². The van der Waals surface area contributed by atoms with Gasteiger partial charge in [-0.2, -0.15) is 0 Å². The largest absolute Gasteiger partial charge is 0.336 e. The van der Waals surface area contributed by atoms with Gasteiger partial charge in [-0.3, -0.25) is 9.78 Å². The third-order valence-electron chi connectivity index (χ3n) is 3.92. The maximum absolute atomic E-state index is 12.6. The molecular weight excluding hydrogens is 310 g/mol. The van der Waals surface area contributed by atoms with E-state index in [1.165, 1.54) is 0 Å². The van der Waals surface area contributed by atoms with Crippen molar-refractivity contribution in [2.45, 2.75) is 11.8 Å². The van der Waals surface area contributed by atoms with E-state index in [4.69, 9.17) is 0 Å². The summed E-state index contributed by atoms with van der Waals surface area (Å²) in [5.74, 6) is 2.32. The van der Waals surface area contributed by atoms with Gasteiger partial charge >= 0.3 is 0 Å². The van der Waals surface area contributed by atoms with Gasteiger partial charge in [-0.05, 0) is 12.1 Å². The zero-order chi connectivity index (χ0) is 16.1. The predicted octanol–water partition coefficient (Wildman–Crippen LogP) is 1.22. The van der Waals surface area contributed by atoms with Crippen LogP contribution in [-0.2, 0) is 17.6 Å². The molecule has 1 aliphatic heterocycles. The Kier molecular flexibility index (Phi) is 5.30. The smallest absolute Gasteiger partial charge is 0.233 e. The number of nitrogens with zero attached hydrogens (tertiary/aromatic N) is 4. The number of amides is 1. The maximum Gasteiger partial charge on any atom is 0.233 e. The van der Waals surface area contributed by atoms with Crippen molar-refractivity contribution >= 4 is 17.7 Å². The molecule has 1 atom stereocenters. The van der Waals surface area contributed by atoms with Crippen molar-refractivity contribution < 1.29 is 4.79 Å². The minimum Gasteiger partial charge on any atom is -0.336 e. The molecule has 0 aromatic carbocycles. The first-order valence-electron chi connectivity index (χ1n) is 7.71. The Balaban J connectivity index is 1.59. The van der Waals surface area contributed by atoms with Gasteiger partial charge < -0.3 is 14.8 Å². The molecule has 2 aromatic rings. The lowest BCUT2D eigenvalue weighted by Gasteiger charge is -2.35. The van der Waals surface area contributed by atoms with Gasteiger partial charge in [0.15, 0.2) is 0 Å². The average molecular weight is 331 g/mol. The molecule has 0 saturated carbocycles. The topological polar surface area (TPSA) is 63.1 Å². The highest BCUT2D eigenvalue weighted by Gasteiger charge is 2.30. The number of thioether (sulfide) groups is 1. The summed E-state index contributed by atoms with van der Waals surface area (Å²) in [6, 6.07) is 5.86. The molecule has 1 N–H and O–H groups in total. The molecule has 2 aromatic heterocycles. The molecule has 122 valence electrons. The molecule has 3 heterocycles. The second kappa shape index (κ2) is 7.61. The third-order valence-corrected chi connectivity index (χ3v) is 4.87. The molecule has 1 fully saturated rings. The zero-order valence-electron chi connectivity index (χ0n) is 13.2. The normalized spacial score (nSPS) is 18.1. The molecule has 1 saturated heterocycles. The van der Waals surface area contributed by atoms with Gasteiger partial charge in [0.25, 0.3) is 0 Å². The van der Waals surface area contributed by atoms with Crippen LogP contribution in [0.3, 0.4) is 0 Å². The molecule has 6 nitrogen and oxygen atoms in total. The minimum atomic E-state index is 0.00620. The van der Waals surface area contributed by atoms with Gasteiger partial charge in [0, 0.05) is 51.0 Å². The third kappa shape index (κ3) is 3.92. The number of nitrogens with one attached hydrogen (secondary N) is 1. The zero-order valence-corrected chi connectivity index (χ0v) is 14.0. The standard InChI is InChI=1S/C16H21N5OS/c1-20-8-7-19-16(20)14-10-17-6-9-21(14)15(22)12-23-11-13-4-2-3-5-18-13/h2-5,7-8,14,17H,6,9-12H2,1H3. The van der Waals surface area contributed by atoms with Crippen LogP contribution in [0.4, 0.5) is 0 Å². The van der Waals surface area contributed by atoms with Gasteiger partial charge in [0.1, 0.15) is 11.9 Å². The van der Waals surface area contributed by atoms with E-state index >= 15 is 0 Å². The molecule has 0 spiro atoms. The van der Waals surface area contributed by atoms with Gasteiger partial charge in [-0.1, -0.05) is 6.07 Å². The number of carbonyl (C=O) groups is 1. The fourth-order valence-electron chi connectivity index (χ4n) is 2.74. The van der Waals surface area contributed by atoms with E-state index in [0.717, 1.165) is 36.9 Å². The van der Waals surface area contributed by atoms with Crippen LogP contribution in [0.15, 0.2) is 36.8 Å². The number of pyridine rings is 1. The van der Waals surface area contributed by atoms with Crippen molar-refractivity contribution in [3.8, 4) is 0 Å². The van der Waals surface area contributed by atoms with Crippen LogP contribution in [0.25, 0.3) is 0 Å². The Morgan fingerprint density at radius 2 is 2.30 bits per heavy atom. The molecule has 1 unspecified atom stereocenters. The van der Waals surface area contributed by atoms with E-state index in [0.29, 0.717) is 5.75 Å². The van der Waals surface area contributed by atoms with E-state index in [1.54, 1.807) is 24.2 Å². The number of carbonyl (C=O) groups excluding carboxylic acids is 1. The van der Waals surface area contributed by atoms with Crippen LogP contribution in [0, 0.1) is 0 Å². The van der Waals surface area contributed by atoms with E-state index in [9.17, 15) is 4.79 Å². The van der Waals surface area contributed by atoms with Crippen molar-refractivity contribution in [1.82, 2.24) is 24.8 Å². The van der Waals surface area contributed by atoms with Crippen molar-refractivity contribution in [2.24, 2.45) is 7.05 Å². The molecule has 0 radical (unpaired) electrons. The molecule has 0 bridgehead atoms. The van der Waals surface area contributed by atoms with E-state index < -0.39 is 0 Å². The highest BCUT2D eigenvalue weighted by molar-refractivity contribution is 7.99. The monoisotopic (exact) mass is 331 g/mol. The molecule has 0 aliphatic carbocycles. The first kappa shape index (κ1) is 16.0. The lowest BCUT2D eigenvalue weighted by molar-refractivity contribution is -0.131. The van der Waals surface area contributed by atoms with E-state index in [1.807, 2.05) is 40.9 Å². The van der Waals surface area contributed by atoms with Crippen LogP contribution < -0.4 is 5.32 Å². The molecule has 23 heavy (non-hydrogen) atoms. The van der Waals surface area contributed by atoms with Crippen LogP contribution in [0.2, 0.25) is 0 Å². The average Bonchev–Trinajstić information content (AvgIpc) is 3.01. The summed E-state index contributed by atoms with van der Waals surface area (Å²) < 4.78 is 1.99. The molecule has 1 amide bonds. The SMILES string of the molecule is Cn1ccnc1C1CNCCN1C(=O)CSCc1ccccn1. The number of aromatic nitrogens is 3. The van der Waals surface area contributed by atoms with Crippen molar-refractivity contribution in [3.05, 3.63) is 48.3 Å². The Morgan fingerprint density at radius 1 is 1.39 bits per heavy atom. The lowest BCUT2D eigenvalue weighted by Crippen LogP contribution is -2.50. The van der Waals surface area contributed by atoms with Crippen molar-refractivity contribution in [1.29, 1.82) is 0 Å². The summed E-state index contributed by atoms with van der Waals surface area (Å²) in [4.78, 5) is 23.3. The van der Waals surface area contributed by atoms with Gasteiger partial charge in [-0.25, -0.2) is 4.98 Å². The minimum absolute atomic E-state index is 0.00620. The maximum atomic E-state index is 12.6. The number of aryl methyl sites for hydroxylation is 1. The quantitative estimate of drug-likeness (QED) is 0.893. The van der Waals surface area contributed by atoms with Gasteiger partial charge in [0.05, 0.1) is 11.4 Å². The fraction of sp³-hybridized carbons (Fsp3) is 0.438. The summed E-state index contributed by atoms with van der Waals surface area (Å²) in [5.41, 5.74) is 1.01. The Bertz CT molecular complexity index is 645. The molecule has 7 heteroatoms. The van der Waals surface area contributed by atoms with Gasteiger partial charge in [0.2, 0.25) is 5.91 Å². The Morgan fingerprint density at radius 3 is 3.04 bits per heavy atom. The summed E-state index contributed by atoms with van der Waals surface area (Å²) >= 11 is 1.61. The van der Waals surface area contributed by atoms with Gasteiger partial charge in [-0.15, -0.1) is 11.8 Å². The second-order valence-electron chi connectivity index (χ2n) is 5.52. The van der Waals surface area contributed by atoms with Crippen molar-refractivity contribution in [3.63, 3.8) is 0 Å². The van der Waals surface area contributed by atoms with Crippen LogP contribution in [-0.4, -0.2) is 50.7 Å². The van der Waals surface area contributed by atoms with Crippen LogP contribution in [0.1, 0.15) is 17.6 Å². The molecular formula is C16H21N5OS. The number of hydrogen-bond acceptors (Lipinski definition) is 5. The highest BCUT2D eigenvalue weighted by atomic mass is 32.2. The Hall–Kier alpha value is -1.86. The predicted molar refractivity (Wildman–Crippen MR) is 90.9 cm³/mol. The first-order chi connectivity index (χ1) is 11.3. The summed E-state index contributed by atoms with van der Waals surface area (Å²) in [6.07, 6.45) is 5.48. The summed E-state index contributed by atoms with van der Waals surface area (Å²) in [7, 11) is 1.97. The van der Waals surface area contributed by atoms with Crippen LogP contribution in [0.5, 0.6) is 0 Å². The van der Waals surface area contributed by atoms with Crippen molar-refractivity contribution in [2.75, 3.05) is 25.4 Å². The number of piperazine rings is 1. The second-order valence-corrected chi connectivity index (χ2v) is 6.50. The fourth-order valence-corrected chi connectivity index (χ4v) is 3.56. The number of hydrogen-bond donors (Lipinski definition) is 1. The van der Waals surface area contributed by atoms with E-state index in [-0.39, 0.29) is 11.9 Å². The Labute approximate surface area is 140 Å². The van der Waals surface area contributed by atoms with Crippen LogP contribution >= 0.6 is 11.8 Å². The summed E-state index contributed by atoms with van der Waals surface area (Å²) in [6.45, 7) is 2.31. The summed E-state index contributed by atoms with van der Waals surface area (Å²) in [5, 5.41) is 3.35. The lowest BCUT2D eigenvalue weighted by atomic mass is 10.1. The number of rotatable bonds is 5. The molecule has 3 rings (SSSR count). The first-order valence-corrected chi connectivity index (χ1v) is 8.86. The number of imidazole rings is 1.